The van der Waals surface area contributed by atoms with E-state index in [9.17, 15) is 19.5 Å². The molecule has 306 valence electrons. The van der Waals surface area contributed by atoms with Gasteiger partial charge in [-0.2, -0.15) is 0 Å². The number of rotatable bonds is 10. The summed E-state index contributed by atoms with van der Waals surface area (Å²) in [7, 11) is 0. The Labute approximate surface area is 336 Å². The van der Waals surface area contributed by atoms with Crippen molar-refractivity contribution in [2.45, 2.75) is 62.5 Å². The lowest BCUT2D eigenvalue weighted by Gasteiger charge is -2.44. The number of nitrogens with one attached hydrogen (secondary N) is 2. The predicted octanol–water partition coefficient (Wildman–Crippen LogP) is 3.90. The highest BCUT2D eigenvalue weighted by molar-refractivity contribution is 5.99. The lowest BCUT2D eigenvalue weighted by molar-refractivity contribution is -0.139. The molecule has 16 heteroatoms. The fraction of sp³-hybridized carbons (Fsp3) is 0.357. The van der Waals surface area contributed by atoms with Crippen LogP contribution in [0.1, 0.15) is 62.0 Å². The Balaban J connectivity index is 0.00000101. The van der Waals surface area contributed by atoms with Gasteiger partial charge in [0.25, 0.3) is 18.9 Å². The molecular weight excluding hydrogens is 747 g/mol. The van der Waals surface area contributed by atoms with E-state index in [0.29, 0.717) is 74.1 Å². The molecule has 0 bridgehead atoms. The average Bonchev–Trinajstić information content (AvgIpc) is 3.23. The fourth-order valence-corrected chi connectivity index (χ4v) is 7.69. The number of hydrogen-bond acceptors (Lipinski definition) is 12. The molecule has 16 nitrogen and oxygen atoms in total. The lowest BCUT2D eigenvalue weighted by atomic mass is 9.80. The molecule has 3 aromatic carbocycles. The molecule has 3 saturated heterocycles. The molecule has 0 spiro atoms. The van der Waals surface area contributed by atoms with E-state index in [0.717, 1.165) is 37.2 Å². The van der Waals surface area contributed by atoms with E-state index in [1.807, 2.05) is 42.5 Å². The molecule has 3 fully saturated rings. The van der Waals surface area contributed by atoms with Crippen LogP contribution in [-0.4, -0.2) is 99.9 Å². The van der Waals surface area contributed by atoms with E-state index < -0.39 is 11.6 Å². The minimum atomic E-state index is -0.644. The number of phenolic OH excluding ortho intramolecular Hbond substituents is 1. The van der Waals surface area contributed by atoms with Gasteiger partial charge in [-0.3, -0.25) is 29.3 Å². The van der Waals surface area contributed by atoms with E-state index in [1.54, 1.807) is 18.2 Å². The van der Waals surface area contributed by atoms with Gasteiger partial charge in [0.05, 0.1) is 16.9 Å². The molecule has 7 rings (SSSR count). The maximum Gasteiger partial charge on any atom is 0.290 e. The molecule has 4 heterocycles. The van der Waals surface area contributed by atoms with E-state index >= 15 is 0 Å². The Morgan fingerprint density at radius 2 is 1.53 bits per heavy atom. The second kappa shape index (κ2) is 20.6. The molecule has 1 atom stereocenters. The van der Waals surface area contributed by atoms with Gasteiger partial charge in [0.15, 0.2) is 11.9 Å². The molecule has 3 aliphatic rings. The standard InChI is InChI=1S/C40H45N7O5.2CH2O2/c41-38-33(26-32(44-45-38)31-8-4-5-9-34(31)48)47-24-19-40(20-25-47,29-6-2-1-3-7-29)43-37(50)18-23-46-21-16-28(17-22-46)27-10-12-30(13-11-27)52-35-14-15-36(49)42-39(35)51;2*2-1-3/h1-13,26,28,35,48H,14-25H2,(H2,41,45)(H,43,50)(H,42,49,51);2*1H,(H,2,3). The summed E-state index contributed by atoms with van der Waals surface area (Å²) in [6.07, 6.45) is 3.83. The Morgan fingerprint density at radius 1 is 0.897 bits per heavy atom. The molecule has 0 aliphatic carbocycles. The summed E-state index contributed by atoms with van der Waals surface area (Å²) in [6.45, 7) is 3.33. The number of amides is 3. The number of aromatic hydroxyl groups is 1. The van der Waals surface area contributed by atoms with Crippen molar-refractivity contribution in [1.29, 1.82) is 0 Å². The summed E-state index contributed by atoms with van der Waals surface area (Å²) < 4.78 is 5.84. The Hall–Kier alpha value is -6.55. The highest BCUT2D eigenvalue weighted by Crippen LogP contribution is 2.38. The first-order valence-electron chi connectivity index (χ1n) is 19.1. The highest BCUT2D eigenvalue weighted by Gasteiger charge is 2.38. The molecule has 0 radical (unpaired) electrons. The summed E-state index contributed by atoms with van der Waals surface area (Å²) in [5, 5.41) is 38.4. The maximum absolute atomic E-state index is 13.6. The summed E-state index contributed by atoms with van der Waals surface area (Å²) in [5.41, 5.74) is 10.0. The molecule has 0 saturated carbocycles. The number of phenols is 1. The van der Waals surface area contributed by atoms with Crippen LogP contribution in [0, 0.1) is 0 Å². The van der Waals surface area contributed by atoms with Crippen molar-refractivity contribution in [3.8, 4) is 22.8 Å². The van der Waals surface area contributed by atoms with Crippen molar-refractivity contribution in [3.05, 3.63) is 96.1 Å². The van der Waals surface area contributed by atoms with Gasteiger partial charge < -0.3 is 40.9 Å². The number of benzene rings is 3. The number of nitrogen functional groups attached to an aromatic ring is 1. The minimum Gasteiger partial charge on any atom is -0.507 e. The number of carboxylic acid groups (broad SMARTS) is 2. The van der Waals surface area contributed by atoms with Crippen molar-refractivity contribution in [2.24, 2.45) is 0 Å². The van der Waals surface area contributed by atoms with Crippen molar-refractivity contribution < 1.29 is 44.0 Å². The normalized spacial score (nSPS) is 17.9. The van der Waals surface area contributed by atoms with Crippen LogP contribution in [0.2, 0.25) is 0 Å². The van der Waals surface area contributed by atoms with E-state index in [-0.39, 0.29) is 42.8 Å². The summed E-state index contributed by atoms with van der Waals surface area (Å²) in [4.78, 5) is 58.4. The number of carbonyl (C=O) groups excluding carboxylic acids is 3. The van der Waals surface area contributed by atoms with Crippen LogP contribution in [0.25, 0.3) is 11.3 Å². The number of aromatic nitrogens is 2. The number of ether oxygens (including phenoxy) is 1. The van der Waals surface area contributed by atoms with Gasteiger partial charge in [-0.1, -0.05) is 54.6 Å². The van der Waals surface area contributed by atoms with Gasteiger partial charge in [0.1, 0.15) is 11.5 Å². The third kappa shape index (κ3) is 11.1. The smallest absolute Gasteiger partial charge is 0.290 e. The SMILES string of the molecule is Nc1nnc(-c2ccccc2O)cc1N1CCC(NC(=O)CCN2CCC(c3ccc(OC4CCC(=O)NC4=O)cc3)CC2)(c2ccccc2)CC1.O=CO.O=CO. The van der Waals surface area contributed by atoms with Crippen molar-refractivity contribution in [3.63, 3.8) is 0 Å². The average molecular weight is 796 g/mol. The molecule has 1 aromatic heterocycles. The number of nitrogens with two attached hydrogens (primary N) is 1. The van der Waals surface area contributed by atoms with Crippen LogP contribution >= 0.6 is 0 Å². The number of nitrogens with zero attached hydrogens (tertiary/aromatic N) is 4. The van der Waals surface area contributed by atoms with Crippen LogP contribution in [-0.2, 0) is 29.5 Å². The topological polar surface area (TPSA) is 238 Å². The third-order valence-electron chi connectivity index (χ3n) is 10.7. The molecule has 58 heavy (non-hydrogen) atoms. The van der Waals surface area contributed by atoms with Gasteiger partial charge in [-0.15, -0.1) is 10.2 Å². The van der Waals surface area contributed by atoms with E-state index in [4.69, 9.17) is 30.3 Å². The molecule has 4 aromatic rings. The molecule has 7 N–H and O–H groups in total. The van der Waals surface area contributed by atoms with Crippen LogP contribution in [0.5, 0.6) is 11.5 Å². The minimum absolute atomic E-state index is 0.0398. The predicted molar refractivity (Wildman–Crippen MR) is 215 cm³/mol. The number of likely N-dealkylation sites (tertiary alicyclic amines) is 1. The number of carbonyl (C=O) groups is 5. The summed E-state index contributed by atoms with van der Waals surface area (Å²) in [5.74, 6) is 0.901. The van der Waals surface area contributed by atoms with Gasteiger partial charge >= 0.3 is 0 Å². The van der Waals surface area contributed by atoms with Crippen molar-refractivity contribution in [1.82, 2.24) is 25.7 Å². The molecular formula is C42H49N7O9. The monoisotopic (exact) mass is 795 g/mol. The first-order chi connectivity index (χ1) is 28.1. The van der Waals surface area contributed by atoms with Gasteiger partial charge in [0.2, 0.25) is 11.8 Å². The van der Waals surface area contributed by atoms with Gasteiger partial charge in [0, 0.05) is 44.5 Å². The Bertz CT molecular complexity index is 1990. The third-order valence-corrected chi connectivity index (χ3v) is 10.7. The zero-order chi connectivity index (χ0) is 41.5. The fourth-order valence-electron chi connectivity index (χ4n) is 7.69. The van der Waals surface area contributed by atoms with Crippen LogP contribution < -0.4 is 26.0 Å². The number of piperidine rings is 3. The van der Waals surface area contributed by atoms with Gasteiger partial charge in [-0.05, 0) is 86.1 Å². The number of hydrogen-bond donors (Lipinski definition) is 6. The highest BCUT2D eigenvalue weighted by atomic mass is 16.5. The molecule has 3 amide bonds. The largest absolute Gasteiger partial charge is 0.507 e. The molecule has 1 unspecified atom stereocenters. The maximum atomic E-state index is 13.6. The second-order valence-electron chi connectivity index (χ2n) is 14.2. The van der Waals surface area contributed by atoms with Crippen LogP contribution in [0.3, 0.4) is 0 Å². The van der Waals surface area contributed by atoms with Gasteiger partial charge in [-0.25, -0.2) is 0 Å². The van der Waals surface area contributed by atoms with E-state index in [2.05, 4.69) is 54.9 Å². The Morgan fingerprint density at radius 3 is 2.17 bits per heavy atom. The quantitative estimate of drug-likeness (QED) is 0.0987. The zero-order valence-corrected chi connectivity index (χ0v) is 32.0. The first-order valence-corrected chi connectivity index (χ1v) is 19.1. The van der Waals surface area contributed by atoms with Crippen molar-refractivity contribution in [2.75, 3.05) is 43.4 Å². The molecule has 3 aliphatic heterocycles. The van der Waals surface area contributed by atoms with Crippen molar-refractivity contribution >= 4 is 42.2 Å². The van der Waals surface area contributed by atoms with E-state index in [1.165, 1.54) is 5.56 Å². The zero-order valence-electron chi connectivity index (χ0n) is 32.0. The Kier molecular flexibility index (Phi) is 15.1. The second-order valence-corrected chi connectivity index (χ2v) is 14.2. The van der Waals surface area contributed by atoms with Crippen LogP contribution in [0.15, 0.2) is 84.9 Å². The number of anilines is 2. The lowest BCUT2D eigenvalue weighted by Crippen LogP contribution is -2.53. The number of imide groups is 1. The summed E-state index contributed by atoms with van der Waals surface area (Å²) in [6, 6.07) is 27.1. The first kappa shape index (κ1) is 42.6. The summed E-state index contributed by atoms with van der Waals surface area (Å²) >= 11 is 0. The number of para-hydroxylation sites is 1. The van der Waals surface area contributed by atoms with Crippen LogP contribution in [0.4, 0.5) is 11.5 Å².